The SMILES string of the molecule is Cc1ccc(OC[C@@H](C)NC(=O)[C@H](C)N(c2cc(C)ccc2C)S(C)(=O)=O)cc1. The number of nitrogens with zero attached hydrogens (tertiary/aromatic N) is 1. The maximum atomic E-state index is 12.8. The van der Waals surface area contributed by atoms with Crippen LogP contribution in [-0.4, -0.2) is 39.3 Å². The zero-order chi connectivity index (χ0) is 21.8. The van der Waals surface area contributed by atoms with Gasteiger partial charge in [-0.2, -0.15) is 0 Å². The average Bonchev–Trinajstić information content (AvgIpc) is 2.63. The Morgan fingerprint density at radius 1 is 1.03 bits per heavy atom. The van der Waals surface area contributed by atoms with E-state index in [1.165, 1.54) is 4.31 Å². The Kier molecular flexibility index (Phi) is 7.30. The van der Waals surface area contributed by atoms with Crippen LogP contribution in [0.1, 0.15) is 30.5 Å². The Bertz CT molecular complexity index is 955. The number of ether oxygens (including phenoxy) is 1. The quantitative estimate of drug-likeness (QED) is 0.713. The van der Waals surface area contributed by atoms with E-state index in [2.05, 4.69) is 5.32 Å². The number of amides is 1. The van der Waals surface area contributed by atoms with Crippen LogP contribution in [-0.2, 0) is 14.8 Å². The van der Waals surface area contributed by atoms with Crippen LogP contribution in [0.3, 0.4) is 0 Å². The summed E-state index contributed by atoms with van der Waals surface area (Å²) in [4.78, 5) is 12.8. The lowest BCUT2D eigenvalue weighted by Gasteiger charge is -2.30. The fraction of sp³-hybridized carbons (Fsp3) is 0.409. The van der Waals surface area contributed by atoms with E-state index >= 15 is 0 Å². The molecule has 7 heteroatoms. The average molecular weight is 419 g/mol. The van der Waals surface area contributed by atoms with E-state index in [0.717, 1.165) is 28.7 Å². The van der Waals surface area contributed by atoms with Gasteiger partial charge in [0.15, 0.2) is 0 Å². The van der Waals surface area contributed by atoms with Crippen molar-refractivity contribution >= 4 is 21.6 Å². The van der Waals surface area contributed by atoms with Crippen molar-refractivity contribution in [2.45, 2.75) is 46.7 Å². The Morgan fingerprint density at radius 3 is 2.21 bits per heavy atom. The lowest BCUT2D eigenvalue weighted by molar-refractivity contribution is -0.122. The summed E-state index contributed by atoms with van der Waals surface area (Å²) < 4.78 is 31.9. The summed E-state index contributed by atoms with van der Waals surface area (Å²) in [6.45, 7) is 9.41. The lowest BCUT2D eigenvalue weighted by Crippen LogP contribution is -2.51. The fourth-order valence-corrected chi connectivity index (χ4v) is 4.22. The number of carbonyl (C=O) groups is 1. The molecule has 0 fully saturated rings. The van der Waals surface area contributed by atoms with Crippen LogP contribution in [0.2, 0.25) is 0 Å². The third-order valence-electron chi connectivity index (χ3n) is 4.60. The number of aryl methyl sites for hydroxylation is 3. The standard InChI is InChI=1S/C22H30N2O4S/c1-15-8-11-20(12-9-15)28-14-18(4)23-22(25)19(5)24(29(6,26)27)21-13-16(2)7-10-17(21)3/h7-13,18-19H,14H2,1-6H3,(H,23,25)/t18-,19+/m1/s1. The zero-order valence-corrected chi connectivity index (χ0v) is 18.7. The van der Waals surface area contributed by atoms with Gasteiger partial charge in [0.2, 0.25) is 15.9 Å². The van der Waals surface area contributed by atoms with Gasteiger partial charge in [0.05, 0.1) is 18.0 Å². The summed E-state index contributed by atoms with van der Waals surface area (Å²) in [5.74, 6) is 0.342. The number of carbonyl (C=O) groups excluding carboxylic acids is 1. The largest absolute Gasteiger partial charge is 0.491 e. The van der Waals surface area contributed by atoms with E-state index in [4.69, 9.17) is 4.74 Å². The van der Waals surface area contributed by atoms with Gasteiger partial charge in [0.1, 0.15) is 18.4 Å². The van der Waals surface area contributed by atoms with Gasteiger partial charge in [0.25, 0.3) is 0 Å². The molecule has 6 nitrogen and oxygen atoms in total. The Hall–Kier alpha value is -2.54. The Labute approximate surface area is 173 Å². The van der Waals surface area contributed by atoms with Gasteiger partial charge >= 0.3 is 0 Å². The van der Waals surface area contributed by atoms with Crippen LogP contribution < -0.4 is 14.4 Å². The smallest absolute Gasteiger partial charge is 0.243 e. The van der Waals surface area contributed by atoms with Gasteiger partial charge in [-0.3, -0.25) is 9.10 Å². The third-order valence-corrected chi connectivity index (χ3v) is 5.83. The van der Waals surface area contributed by atoms with Crippen LogP contribution in [0, 0.1) is 20.8 Å². The predicted octanol–water partition coefficient (Wildman–Crippen LogP) is 3.35. The second-order valence-electron chi connectivity index (χ2n) is 7.56. The van der Waals surface area contributed by atoms with Crippen molar-refractivity contribution in [2.24, 2.45) is 0 Å². The molecule has 0 radical (unpaired) electrons. The normalized spacial score (nSPS) is 13.4. The molecule has 1 N–H and O–H groups in total. The van der Waals surface area contributed by atoms with Gasteiger partial charge in [-0.1, -0.05) is 29.8 Å². The number of hydrogen-bond acceptors (Lipinski definition) is 4. The van der Waals surface area contributed by atoms with Crippen LogP contribution in [0.5, 0.6) is 5.75 Å². The Morgan fingerprint density at radius 2 is 1.62 bits per heavy atom. The van der Waals surface area contributed by atoms with Crippen LogP contribution in [0.25, 0.3) is 0 Å². The molecule has 0 aliphatic heterocycles. The number of hydrogen-bond donors (Lipinski definition) is 1. The highest BCUT2D eigenvalue weighted by atomic mass is 32.2. The first-order valence-corrected chi connectivity index (χ1v) is 11.4. The molecule has 2 rings (SSSR count). The van der Waals surface area contributed by atoms with Crippen LogP contribution >= 0.6 is 0 Å². The number of rotatable bonds is 8. The van der Waals surface area contributed by atoms with Crippen molar-refractivity contribution in [3.8, 4) is 5.75 Å². The molecule has 0 aliphatic rings. The minimum Gasteiger partial charge on any atom is -0.491 e. The molecular weight excluding hydrogens is 388 g/mol. The number of sulfonamides is 1. The second kappa shape index (κ2) is 9.31. The Balaban J connectivity index is 2.10. The molecular formula is C22H30N2O4S. The maximum Gasteiger partial charge on any atom is 0.243 e. The van der Waals surface area contributed by atoms with E-state index < -0.39 is 16.1 Å². The topological polar surface area (TPSA) is 75.7 Å². The lowest BCUT2D eigenvalue weighted by atomic mass is 10.1. The van der Waals surface area contributed by atoms with E-state index in [1.54, 1.807) is 13.0 Å². The maximum absolute atomic E-state index is 12.8. The molecule has 0 bridgehead atoms. The second-order valence-corrected chi connectivity index (χ2v) is 9.42. The highest BCUT2D eigenvalue weighted by Crippen LogP contribution is 2.26. The predicted molar refractivity (Wildman–Crippen MR) is 117 cm³/mol. The molecule has 2 atom stereocenters. The molecule has 29 heavy (non-hydrogen) atoms. The van der Waals surface area contributed by atoms with E-state index in [9.17, 15) is 13.2 Å². The van der Waals surface area contributed by atoms with Gasteiger partial charge in [0, 0.05) is 0 Å². The minimum atomic E-state index is -3.66. The van der Waals surface area contributed by atoms with Crippen molar-refractivity contribution in [3.63, 3.8) is 0 Å². The summed E-state index contributed by atoms with van der Waals surface area (Å²) in [7, 11) is -3.66. The molecule has 1 amide bonds. The van der Waals surface area contributed by atoms with Crippen molar-refractivity contribution in [3.05, 3.63) is 59.2 Å². The van der Waals surface area contributed by atoms with Crippen LogP contribution in [0.15, 0.2) is 42.5 Å². The molecule has 0 aromatic heterocycles. The van der Waals surface area contributed by atoms with E-state index in [0.29, 0.717) is 5.69 Å². The third kappa shape index (κ3) is 6.22. The first-order valence-electron chi connectivity index (χ1n) is 9.55. The fourth-order valence-electron chi connectivity index (χ4n) is 3.00. The minimum absolute atomic E-state index is 0.282. The molecule has 0 heterocycles. The van der Waals surface area contributed by atoms with E-state index in [1.807, 2.05) is 64.1 Å². The highest BCUT2D eigenvalue weighted by Gasteiger charge is 2.30. The van der Waals surface area contributed by atoms with Crippen molar-refractivity contribution < 1.29 is 17.9 Å². The molecule has 0 spiro atoms. The van der Waals surface area contributed by atoms with E-state index in [-0.39, 0.29) is 18.6 Å². The molecule has 0 saturated carbocycles. The molecule has 0 aliphatic carbocycles. The molecule has 0 saturated heterocycles. The first kappa shape index (κ1) is 22.7. The molecule has 2 aromatic carbocycles. The van der Waals surface area contributed by atoms with Gasteiger partial charge in [-0.25, -0.2) is 8.42 Å². The molecule has 158 valence electrons. The summed E-state index contributed by atoms with van der Waals surface area (Å²) >= 11 is 0. The van der Waals surface area contributed by atoms with Gasteiger partial charge in [-0.05, 0) is 63.9 Å². The number of anilines is 1. The van der Waals surface area contributed by atoms with Crippen molar-refractivity contribution in [1.29, 1.82) is 0 Å². The summed E-state index contributed by atoms with van der Waals surface area (Å²) in [5, 5.41) is 2.85. The summed E-state index contributed by atoms with van der Waals surface area (Å²) in [5.41, 5.74) is 3.36. The van der Waals surface area contributed by atoms with Crippen molar-refractivity contribution in [1.82, 2.24) is 5.32 Å². The molecule has 0 unspecified atom stereocenters. The monoisotopic (exact) mass is 418 g/mol. The van der Waals surface area contributed by atoms with Crippen LogP contribution in [0.4, 0.5) is 5.69 Å². The highest BCUT2D eigenvalue weighted by molar-refractivity contribution is 7.92. The van der Waals surface area contributed by atoms with Gasteiger partial charge < -0.3 is 10.1 Å². The van der Waals surface area contributed by atoms with Crippen molar-refractivity contribution in [2.75, 3.05) is 17.2 Å². The zero-order valence-electron chi connectivity index (χ0n) is 17.9. The number of benzene rings is 2. The summed E-state index contributed by atoms with van der Waals surface area (Å²) in [6, 6.07) is 12.0. The van der Waals surface area contributed by atoms with Gasteiger partial charge in [-0.15, -0.1) is 0 Å². The number of nitrogens with one attached hydrogen (secondary N) is 1. The molecule has 2 aromatic rings. The summed E-state index contributed by atoms with van der Waals surface area (Å²) in [6.07, 6.45) is 1.11. The first-order chi connectivity index (χ1) is 13.5.